The molecular formula is C7H7F2N3O3. The predicted molar refractivity (Wildman–Crippen MR) is 46.8 cm³/mol. The van der Waals surface area contributed by atoms with Crippen LogP contribution < -0.4 is 10.5 Å². The van der Waals surface area contributed by atoms with Gasteiger partial charge in [0.25, 0.3) is 6.43 Å². The maximum absolute atomic E-state index is 12.4. The number of hydrogen-bond acceptors (Lipinski definition) is 5. The van der Waals surface area contributed by atoms with Crippen molar-refractivity contribution in [3.63, 3.8) is 0 Å². The molecule has 6 nitrogen and oxygen atoms in total. The van der Waals surface area contributed by atoms with Gasteiger partial charge in [-0.3, -0.25) is 10.1 Å². The predicted octanol–water partition coefficient (Wildman–Crippen LogP) is 1.52. The van der Waals surface area contributed by atoms with E-state index in [1.54, 1.807) is 0 Å². The highest BCUT2D eigenvalue weighted by atomic mass is 19.3. The number of hydrogen-bond donors (Lipinski definition) is 1. The number of anilines is 1. The number of nitrogens with zero attached hydrogens (tertiary/aromatic N) is 2. The number of ether oxygens (including phenoxy) is 1. The number of rotatable bonds is 3. The third-order valence-electron chi connectivity index (χ3n) is 1.66. The quantitative estimate of drug-likeness (QED) is 0.614. The zero-order chi connectivity index (χ0) is 11.6. The number of nitrogens with two attached hydrogens (primary N) is 1. The van der Waals surface area contributed by atoms with Crippen molar-refractivity contribution in [2.75, 3.05) is 12.8 Å². The number of aromatic nitrogens is 1. The van der Waals surface area contributed by atoms with Gasteiger partial charge in [0.2, 0.25) is 5.75 Å². The van der Waals surface area contributed by atoms with Crippen LogP contribution >= 0.6 is 0 Å². The van der Waals surface area contributed by atoms with Gasteiger partial charge in [-0.05, 0) is 0 Å². The summed E-state index contributed by atoms with van der Waals surface area (Å²) in [7, 11) is 1.04. The molecule has 8 heteroatoms. The monoisotopic (exact) mass is 219 g/mol. The SMILES string of the molecule is COc1c(C(F)F)ncc(N)c1[N+](=O)[O-]. The molecule has 0 saturated carbocycles. The molecule has 0 fully saturated rings. The standard InChI is InChI=1S/C7H7F2N3O3/c1-15-6-4(7(8)9)11-2-3(10)5(6)12(13)14/h2,7H,10H2,1H3. The first-order valence-electron chi connectivity index (χ1n) is 3.74. The van der Waals surface area contributed by atoms with Crippen molar-refractivity contribution in [2.45, 2.75) is 6.43 Å². The van der Waals surface area contributed by atoms with Crippen LogP contribution in [-0.2, 0) is 0 Å². The second-order valence-corrected chi connectivity index (χ2v) is 2.54. The molecule has 1 aromatic heterocycles. The molecule has 0 aliphatic rings. The van der Waals surface area contributed by atoms with Crippen LogP contribution in [0.15, 0.2) is 6.20 Å². The summed E-state index contributed by atoms with van der Waals surface area (Å²) in [5, 5.41) is 10.5. The highest BCUT2D eigenvalue weighted by molar-refractivity contribution is 5.66. The van der Waals surface area contributed by atoms with Crippen molar-refractivity contribution < 1.29 is 18.4 Å². The smallest absolute Gasteiger partial charge is 0.337 e. The van der Waals surface area contributed by atoms with Crippen LogP contribution in [0, 0.1) is 10.1 Å². The molecular weight excluding hydrogens is 212 g/mol. The Labute approximate surface area is 82.8 Å². The van der Waals surface area contributed by atoms with Gasteiger partial charge >= 0.3 is 5.69 Å². The molecule has 0 radical (unpaired) electrons. The van der Waals surface area contributed by atoms with E-state index in [1.165, 1.54) is 0 Å². The van der Waals surface area contributed by atoms with Gasteiger partial charge in [-0.15, -0.1) is 0 Å². The molecule has 1 rings (SSSR count). The van der Waals surface area contributed by atoms with Crippen LogP contribution in [0.5, 0.6) is 5.75 Å². The zero-order valence-electron chi connectivity index (χ0n) is 7.61. The van der Waals surface area contributed by atoms with Crippen molar-refractivity contribution in [1.82, 2.24) is 4.98 Å². The van der Waals surface area contributed by atoms with Gasteiger partial charge in [-0.25, -0.2) is 13.8 Å². The average molecular weight is 219 g/mol. The van der Waals surface area contributed by atoms with E-state index in [4.69, 9.17) is 5.73 Å². The van der Waals surface area contributed by atoms with E-state index in [0.717, 1.165) is 13.3 Å². The van der Waals surface area contributed by atoms with E-state index in [-0.39, 0.29) is 5.69 Å². The van der Waals surface area contributed by atoms with Crippen LogP contribution in [-0.4, -0.2) is 17.0 Å². The van der Waals surface area contributed by atoms with Crippen LogP contribution in [0.1, 0.15) is 12.1 Å². The van der Waals surface area contributed by atoms with Gasteiger partial charge in [0.1, 0.15) is 5.69 Å². The number of methoxy groups -OCH3 is 1. The lowest BCUT2D eigenvalue weighted by Crippen LogP contribution is -2.04. The van der Waals surface area contributed by atoms with Gasteiger partial charge in [0.15, 0.2) is 5.69 Å². The molecule has 0 unspecified atom stereocenters. The maximum Gasteiger partial charge on any atom is 0.337 e. The van der Waals surface area contributed by atoms with E-state index in [9.17, 15) is 18.9 Å². The first-order valence-corrected chi connectivity index (χ1v) is 3.74. The van der Waals surface area contributed by atoms with Crippen molar-refractivity contribution in [3.05, 3.63) is 22.0 Å². The summed E-state index contributed by atoms with van der Waals surface area (Å²) in [6.45, 7) is 0. The third-order valence-corrected chi connectivity index (χ3v) is 1.66. The molecule has 82 valence electrons. The Hall–Kier alpha value is -1.99. The van der Waals surface area contributed by atoms with Gasteiger partial charge in [-0.1, -0.05) is 0 Å². The van der Waals surface area contributed by atoms with Crippen molar-refractivity contribution in [3.8, 4) is 5.75 Å². The van der Waals surface area contributed by atoms with E-state index >= 15 is 0 Å². The van der Waals surface area contributed by atoms with Gasteiger partial charge in [0, 0.05) is 0 Å². The second kappa shape index (κ2) is 4.03. The molecule has 0 aliphatic heterocycles. The molecule has 0 spiro atoms. The van der Waals surface area contributed by atoms with Crippen molar-refractivity contribution in [1.29, 1.82) is 0 Å². The van der Waals surface area contributed by atoms with Crippen LogP contribution in [0.25, 0.3) is 0 Å². The third kappa shape index (κ3) is 1.92. The number of pyridine rings is 1. The number of alkyl halides is 2. The number of nitro groups is 1. The van der Waals surface area contributed by atoms with Gasteiger partial charge < -0.3 is 10.5 Å². The number of nitrogen functional groups attached to an aromatic ring is 1. The number of halogens is 2. The fraction of sp³-hybridized carbons (Fsp3) is 0.286. The highest BCUT2D eigenvalue weighted by Crippen LogP contribution is 2.38. The minimum Gasteiger partial charge on any atom is -0.489 e. The van der Waals surface area contributed by atoms with Crippen molar-refractivity contribution in [2.24, 2.45) is 0 Å². The Kier molecular flexibility index (Phi) is 2.98. The molecule has 0 bridgehead atoms. The van der Waals surface area contributed by atoms with E-state index < -0.39 is 28.5 Å². The Bertz CT molecular complexity index is 397. The van der Waals surface area contributed by atoms with Crippen LogP contribution in [0.4, 0.5) is 20.2 Å². The largest absolute Gasteiger partial charge is 0.489 e. The summed E-state index contributed by atoms with van der Waals surface area (Å²) < 4.78 is 29.3. The first-order chi connectivity index (χ1) is 6.99. The summed E-state index contributed by atoms with van der Waals surface area (Å²) in [6.07, 6.45) is -2.15. The summed E-state index contributed by atoms with van der Waals surface area (Å²) >= 11 is 0. The molecule has 0 aliphatic carbocycles. The molecule has 2 N–H and O–H groups in total. The van der Waals surface area contributed by atoms with Gasteiger partial charge in [-0.2, -0.15) is 0 Å². The lowest BCUT2D eigenvalue weighted by atomic mass is 10.2. The minimum absolute atomic E-state index is 0.318. The van der Waals surface area contributed by atoms with Gasteiger partial charge in [0.05, 0.1) is 18.2 Å². The Morgan fingerprint density at radius 2 is 2.27 bits per heavy atom. The summed E-state index contributed by atoms with van der Waals surface area (Å²) in [5.41, 5.74) is 3.43. The fourth-order valence-electron chi connectivity index (χ4n) is 1.06. The molecule has 1 heterocycles. The first kappa shape index (κ1) is 11.1. The van der Waals surface area contributed by atoms with E-state index in [2.05, 4.69) is 9.72 Å². The summed E-state index contributed by atoms with van der Waals surface area (Å²) in [4.78, 5) is 12.9. The average Bonchev–Trinajstić information content (AvgIpc) is 2.15. The minimum atomic E-state index is -2.96. The Balaban J connectivity index is 3.47. The lowest BCUT2D eigenvalue weighted by molar-refractivity contribution is -0.385. The molecule has 0 atom stereocenters. The van der Waals surface area contributed by atoms with E-state index in [1.807, 2.05) is 0 Å². The molecule has 0 amide bonds. The molecule has 1 aromatic rings. The van der Waals surface area contributed by atoms with Crippen LogP contribution in [0.2, 0.25) is 0 Å². The normalized spacial score (nSPS) is 10.4. The summed E-state index contributed by atoms with van der Waals surface area (Å²) in [6, 6.07) is 0. The molecule has 0 aromatic carbocycles. The molecule has 0 saturated heterocycles. The summed E-state index contributed by atoms with van der Waals surface area (Å²) in [5.74, 6) is -0.602. The van der Waals surface area contributed by atoms with E-state index in [0.29, 0.717) is 0 Å². The Morgan fingerprint density at radius 3 is 2.67 bits per heavy atom. The lowest BCUT2D eigenvalue weighted by Gasteiger charge is -2.08. The maximum atomic E-state index is 12.4. The molecule has 15 heavy (non-hydrogen) atoms. The second-order valence-electron chi connectivity index (χ2n) is 2.54. The van der Waals surface area contributed by atoms with Crippen LogP contribution in [0.3, 0.4) is 0 Å². The topological polar surface area (TPSA) is 91.3 Å². The Morgan fingerprint density at radius 1 is 1.67 bits per heavy atom. The zero-order valence-corrected chi connectivity index (χ0v) is 7.61. The highest BCUT2D eigenvalue weighted by Gasteiger charge is 2.28. The van der Waals surface area contributed by atoms with Crippen molar-refractivity contribution >= 4 is 11.4 Å². The fourth-order valence-corrected chi connectivity index (χ4v) is 1.06.